The Hall–Kier alpha value is -1.42. The Morgan fingerprint density at radius 1 is 1.24 bits per heavy atom. The van der Waals surface area contributed by atoms with Crippen LogP contribution in [-0.2, 0) is 11.3 Å². The molecule has 1 fully saturated rings. The number of nitrogens with zero attached hydrogens (tertiary/aromatic N) is 1. The van der Waals surface area contributed by atoms with Crippen LogP contribution in [-0.4, -0.2) is 30.4 Å². The Kier molecular flexibility index (Phi) is 8.39. The fraction of sp³-hybridized carbons (Fsp3) is 0.667. The predicted molar refractivity (Wildman–Crippen MR) is 101 cm³/mol. The first-order valence-electron chi connectivity index (χ1n) is 9.86. The van der Waals surface area contributed by atoms with Crippen molar-refractivity contribution in [2.45, 2.75) is 58.9 Å². The van der Waals surface area contributed by atoms with Crippen LogP contribution in [0.3, 0.4) is 0 Å². The zero-order chi connectivity index (χ0) is 18.1. The number of benzene rings is 1. The van der Waals surface area contributed by atoms with Crippen LogP contribution in [0.1, 0.15) is 57.9 Å². The van der Waals surface area contributed by atoms with Gasteiger partial charge in [0, 0.05) is 19.0 Å². The van der Waals surface area contributed by atoms with Crippen LogP contribution in [0.15, 0.2) is 24.3 Å². The van der Waals surface area contributed by atoms with Crippen molar-refractivity contribution in [2.24, 2.45) is 11.8 Å². The third kappa shape index (κ3) is 6.77. The summed E-state index contributed by atoms with van der Waals surface area (Å²) in [6, 6.07) is 6.71. The maximum absolute atomic E-state index is 13.0. The van der Waals surface area contributed by atoms with E-state index in [0.29, 0.717) is 5.92 Å². The summed E-state index contributed by atoms with van der Waals surface area (Å²) in [5, 5.41) is 3.18. The molecule has 25 heavy (non-hydrogen) atoms. The fourth-order valence-electron chi connectivity index (χ4n) is 3.53. The average Bonchev–Trinajstić information content (AvgIpc) is 2.64. The van der Waals surface area contributed by atoms with Crippen LogP contribution in [0.4, 0.5) is 4.39 Å². The molecule has 1 amide bonds. The second-order valence-electron chi connectivity index (χ2n) is 7.34. The molecule has 140 valence electrons. The lowest BCUT2D eigenvalue weighted by Gasteiger charge is -2.31. The van der Waals surface area contributed by atoms with Crippen LogP contribution in [0.2, 0.25) is 0 Å². The van der Waals surface area contributed by atoms with Crippen molar-refractivity contribution in [3.63, 3.8) is 0 Å². The minimum atomic E-state index is -0.191. The summed E-state index contributed by atoms with van der Waals surface area (Å²) < 4.78 is 13.0. The topological polar surface area (TPSA) is 32.3 Å². The van der Waals surface area contributed by atoms with Crippen molar-refractivity contribution in [3.8, 4) is 0 Å². The maximum atomic E-state index is 13.0. The van der Waals surface area contributed by atoms with Crippen LogP contribution in [0.25, 0.3) is 0 Å². The minimum absolute atomic E-state index is 0.146. The molecule has 1 heterocycles. The summed E-state index contributed by atoms with van der Waals surface area (Å²) in [6.07, 6.45) is 6.64. The van der Waals surface area contributed by atoms with E-state index in [1.165, 1.54) is 31.4 Å². The highest BCUT2D eigenvalue weighted by atomic mass is 19.1. The first-order valence-corrected chi connectivity index (χ1v) is 9.86. The van der Waals surface area contributed by atoms with Gasteiger partial charge in [0.2, 0.25) is 5.91 Å². The minimum Gasteiger partial charge on any atom is -0.356 e. The molecule has 0 unspecified atom stereocenters. The van der Waals surface area contributed by atoms with Crippen molar-refractivity contribution in [1.82, 2.24) is 10.2 Å². The van der Waals surface area contributed by atoms with Gasteiger partial charge in [0.05, 0.1) is 0 Å². The summed E-state index contributed by atoms with van der Waals surface area (Å²) in [5.74, 6) is 0.801. The number of carbonyl (C=O) groups is 1. The van der Waals surface area contributed by atoms with E-state index in [1.54, 1.807) is 0 Å². The van der Waals surface area contributed by atoms with E-state index in [4.69, 9.17) is 0 Å². The number of amides is 1. The van der Waals surface area contributed by atoms with Crippen molar-refractivity contribution < 1.29 is 9.18 Å². The molecule has 3 nitrogen and oxygen atoms in total. The zero-order valence-corrected chi connectivity index (χ0v) is 15.8. The summed E-state index contributed by atoms with van der Waals surface area (Å²) in [4.78, 5) is 14.8. The van der Waals surface area contributed by atoms with Crippen molar-refractivity contribution in [3.05, 3.63) is 35.6 Å². The van der Waals surface area contributed by atoms with Gasteiger partial charge in [0.15, 0.2) is 0 Å². The van der Waals surface area contributed by atoms with Crippen LogP contribution in [0, 0.1) is 17.7 Å². The maximum Gasteiger partial charge on any atom is 0.223 e. The summed E-state index contributed by atoms with van der Waals surface area (Å²) in [7, 11) is 0. The average molecular weight is 349 g/mol. The van der Waals surface area contributed by atoms with Gasteiger partial charge in [0.25, 0.3) is 0 Å². The Morgan fingerprint density at radius 3 is 2.52 bits per heavy atom. The van der Waals surface area contributed by atoms with E-state index in [1.807, 2.05) is 12.1 Å². The molecule has 1 aromatic rings. The molecule has 1 aromatic carbocycles. The third-order valence-electron chi connectivity index (χ3n) is 5.39. The number of piperidine rings is 1. The first kappa shape index (κ1) is 19.9. The molecule has 1 saturated heterocycles. The number of rotatable bonds is 9. The molecule has 1 aliphatic heterocycles. The molecule has 0 aliphatic carbocycles. The standard InChI is InChI=1S/C21H33FN2O/c1-3-5-6-17(4-2)15-23-21(25)19-11-13-24(14-12-19)16-18-7-9-20(22)10-8-18/h7-10,17,19H,3-6,11-16H2,1-2H3,(H,23,25)/t17-/m1/s1. The molecule has 1 atom stereocenters. The molecule has 1 N–H and O–H groups in total. The summed E-state index contributed by atoms with van der Waals surface area (Å²) in [6.45, 7) is 7.95. The normalized spacial score (nSPS) is 17.4. The van der Waals surface area contributed by atoms with E-state index in [9.17, 15) is 9.18 Å². The monoisotopic (exact) mass is 348 g/mol. The van der Waals surface area contributed by atoms with Crippen LogP contribution in [0.5, 0.6) is 0 Å². The Bertz CT molecular complexity index is 509. The van der Waals surface area contributed by atoms with E-state index in [0.717, 1.165) is 51.0 Å². The van der Waals surface area contributed by atoms with Gasteiger partial charge in [-0.15, -0.1) is 0 Å². The van der Waals surface area contributed by atoms with E-state index >= 15 is 0 Å². The largest absolute Gasteiger partial charge is 0.356 e. The van der Waals surface area contributed by atoms with Crippen molar-refractivity contribution >= 4 is 5.91 Å². The highest BCUT2D eigenvalue weighted by molar-refractivity contribution is 5.78. The molecule has 0 spiro atoms. The fourth-order valence-corrected chi connectivity index (χ4v) is 3.53. The lowest BCUT2D eigenvalue weighted by atomic mass is 9.94. The number of likely N-dealkylation sites (tertiary alicyclic amines) is 1. The van der Waals surface area contributed by atoms with Gasteiger partial charge in [-0.2, -0.15) is 0 Å². The van der Waals surface area contributed by atoms with Crippen molar-refractivity contribution in [1.29, 1.82) is 0 Å². The van der Waals surface area contributed by atoms with Gasteiger partial charge in [-0.05, 0) is 56.0 Å². The highest BCUT2D eigenvalue weighted by Gasteiger charge is 2.25. The first-order chi connectivity index (χ1) is 12.1. The summed E-state index contributed by atoms with van der Waals surface area (Å²) >= 11 is 0. The smallest absolute Gasteiger partial charge is 0.223 e. The Morgan fingerprint density at radius 2 is 1.92 bits per heavy atom. The van der Waals surface area contributed by atoms with Crippen molar-refractivity contribution in [2.75, 3.05) is 19.6 Å². The molecule has 0 saturated carbocycles. The molecule has 0 aromatic heterocycles. The number of hydrogen-bond donors (Lipinski definition) is 1. The van der Waals surface area contributed by atoms with Gasteiger partial charge in [-0.25, -0.2) is 4.39 Å². The van der Waals surface area contributed by atoms with Gasteiger partial charge in [0.1, 0.15) is 5.82 Å². The number of halogens is 1. The molecule has 0 bridgehead atoms. The molecule has 0 radical (unpaired) electrons. The highest BCUT2D eigenvalue weighted by Crippen LogP contribution is 2.20. The van der Waals surface area contributed by atoms with Crippen LogP contribution < -0.4 is 5.32 Å². The van der Waals surface area contributed by atoms with E-state index < -0.39 is 0 Å². The summed E-state index contributed by atoms with van der Waals surface area (Å²) in [5.41, 5.74) is 1.13. The molecule has 2 rings (SSSR count). The number of hydrogen-bond acceptors (Lipinski definition) is 2. The van der Waals surface area contributed by atoms with Gasteiger partial charge < -0.3 is 5.32 Å². The second kappa shape index (κ2) is 10.5. The number of nitrogens with one attached hydrogen (secondary N) is 1. The lowest BCUT2D eigenvalue weighted by molar-refractivity contribution is -0.126. The van der Waals surface area contributed by atoms with Gasteiger partial charge in [-0.3, -0.25) is 9.69 Å². The quantitative estimate of drug-likeness (QED) is 0.719. The Balaban J connectivity index is 1.69. The zero-order valence-electron chi connectivity index (χ0n) is 15.8. The predicted octanol–water partition coefficient (Wildman–Crippen LogP) is 4.37. The van der Waals surface area contributed by atoms with E-state index in [-0.39, 0.29) is 17.6 Å². The third-order valence-corrected chi connectivity index (χ3v) is 5.39. The molecular formula is C21H33FN2O. The molecule has 4 heteroatoms. The second-order valence-corrected chi connectivity index (χ2v) is 7.34. The van der Waals surface area contributed by atoms with E-state index in [2.05, 4.69) is 24.1 Å². The molecule has 1 aliphatic rings. The Labute approximate surface area is 152 Å². The van der Waals surface area contributed by atoms with Gasteiger partial charge in [-0.1, -0.05) is 45.2 Å². The lowest BCUT2D eigenvalue weighted by Crippen LogP contribution is -2.41. The SMILES string of the molecule is CCCC[C@@H](CC)CNC(=O)C1CCN(Cc2ccc(F)cc2)CC1. The van der Waals surface area contributed by atoms with Gasteiger partial charge >= 0.3 is 0 Å². The molecular weight excluding hydrogens is 315 g/mol. The van der Waals surface area contributed by atoms with Crippen LogP contribution >= 0.6 is 0 Å². The number of unbranched alkanes of at least 4 members (excludes halogenated alkanes) is 1. The number of carbonyl (C=O) groups excluding carboxylic acids is 1.